The zero-order valence-electron chi connectivity index (χ0n) is 13.7. The molecule has 4 nitrogen and oxygen atoms in total. The van der Waals surface area contributed by atoms with Crippen molar-refractivity contribution in [2.75, 3.05) is 32.7 Å². The minimum Gasteiger partial charge on any atom is -0.332 e. The summed E-state index contributed by atoms with van der Waals surface area (Å²) in [6.07, 6.45) is 0. The lowest BCUT2D eigenvalue weighted by Crippen LogP contribution is -3.14. The van der Waals surface area contributed by atoms with Crippen LogP contribution in [0.15, 0.2) is 18.2 Å². The molecule has 2 N–H and O–H groups in total. The molecule has 1 aromatic carbocycles. The third-order valence-corrected chi connectivity index (χ3v) is 5.04. The molecular formula is C16H22Cl3FN3O+. The number of hydrogen-bond acceptors (Lipinski definition) is 1. The van der Waals surface area contributed by atoms with Crippen molar-refractivity contribution >= 4 is 40.8 Å². The summed E-state index contributed by atoms with van der Waals surface area (Å²) in [5, 5.41) is 2.74. The van der Waals surface area contributed by atoms with Crippen LogP contribution in [0.5, 0.6) is 0 Å². The fourth-order valence-electron chi connectivity index (χ4n) is 2.74. The van der Waals surface area contributed by atoms with E-state index in [9.17, 15) is 9.18 Å². The predicted molar refractivity (Wildman–Crippen MR) is 95.5 cm³/mol. The van der Waals surface area contributed by atoms with Crippen molar-refractivity contribution in [3.8, 4) is 0 Å². The number of carbonyl (C=O) groups is 1. The van der Waals surface area contributed by atoms with E-state index >= 15 is 0 Å². The highest BCUT2D eigenvalue weighted by Gasteiger charge is 2.37. The Bertz CT molecular complexity index is 586. The molecule has 0 spiro atoms. The lowest BCUT2D eigenvalue weighted by Gasteiger charge is -2.34. The summed E-state index contributed by atoms with van der Waals surface area (Å²) in [5.41, 5.74) is 0.913. The molecule has 134 valence electrons. The first kappa shape index (κ1) is 19.6. The van der Waals surface area contributed by atoms with Gasteiger partial charge < -0.3 is 15.1 Å². The maximum absolute atomic E-state index is 13.8. The molecule has 0 bridgehead atoms. The van der Waals surface area contributed by atoms with Crippen LogP contribution in [0.4, 0.5) is 9.18 Å². The first-order valence-corrected chi connectivity index (χ1v) is 9.07. The zero-order chi connectivity index (χ0) is 17.9. The monoisotopic (exact) mass is 396 g/mol. The minimum absolute atomic E-state index is 0.303. The van der Waals surface area contributed by atoms with Crippen LogP contribution in [0.3, 0.4) is 0 Å². The average Bonchev–Trinajstić information content (AvgIpc) is 2.54. The van der Waals surface area contributed by atoms with E-state index in [1.807, 2.05) is 0 Å². The van der Waals surface area contributed by atoms with Crippen molar-refractivity contribution < 1.29 is 14.1 Å². The second-order valence-corrected chi connectivity index (χ2v) is 8.39. The van der Waals surface area contributed by atoms with Crippen LogP contribution in [0.25, 0.3) is 0 Å². The standard InChI is InChI=1S/C16H21Cl3FN3O/c1-3-22-6-8-23(9-7-22)15(24)21-14(16(17,18)19)12-5-4-11(2)13(20)10-12/h4-5,10,14H,3,6-9H2,1-2H3,(H,21,24)/p+1/t14-/m0/s1. The number of carbonyl (C=O) groups excluding carboxylic acids is 1. The molecule has 1 atom stereocenters. The van der Waals surface area contributed by atoms with E-state index in [4.69, 9.17) is 34.8 Å². The second kappa shape index (κ2) is 8.09. The Morgan fingerprint density at radius 1 is 1.38 bits per heavy atom. The molecular weight excluding hydrogens is 376 g/mol. The maximum Gasteiger partial charge on any atom is 0.318 e. The highest BCUT2D eigenvalue weighted by atomic mass is 35.6. The van der Waals surface area contributed by atoms with Crippen LogP contribution in [0, 0.1) is 12.7 Å². The van der Waals surface area contributed by atoms with E-state index in [-0.39, 0.29) is 6.03 Å². The van der Waals surface area contributed by atoms with Crippen LogP contribution in [-0.4, -0.2) is 47.4 Å². The molecule has 1 aromatic rings. The summed E-state index contributed by atoms with van der Waals surface area (Å²) in [4.78, 5) is 15.7. The van der Waals surface area contributed by atoms with Gasteiger partial charge in [-0.2, -0.15) is 0 Å². The van der Waals surface area contributed by atoms with Crippen molar-refractivity contribution in [3.63, 3.8) is 0 Å². The summed E-state index contributed by atoms with van der Waals surface area (Å²) in [7, 11) is 0. The van der Waals surface area contributed by atoms with Crippen LogP contribution < -0.4 is 10.2 Å². The number of amides is 2. The molecule has 0 radical (unpaired) electrons. The van der Waals surface area contributed by atoms with Gasteiger partial charge in [0.05, 0.1) is 32.7 Å². The first-order valence-electron chi connectivity index (χ1n) is 7.94. The van der Waals surface area contributed by atoms with Gasteiger partial charge in [0.2, 0.25) is 3.79 Å². The zero-order valence-corrected chi connectivity index (χ0v) is 16.0. The van der Waals surface area contributed by atoms with E-state index in [1.54, 1.807) is 24.0 Å². The van der Waals surface area contributed by atoms with Gasteiger partial charge >= 0.3 is 6.03 Å². The molecule has 24 heavy (non-hydrogen) atoms. The molecule has 2 amide bonds. The molecule has 0 aromatic heterocycles. The molecule has 0 unspecified atom stereocenters. The molecule has 8 heteroatoms. The fraction of sp³-hybridized carbons (Fsp3) is 0.562. The van der Waals surface area contributed by atoms with Gasteiger partial charge in [-0.1, -0.05) is 46.9 Å². The third-order valence-electron chi connectivity index (χ3n) is 4.38. The lowest BCUT2D eigenvalue weighted by molar-refractivity contribution is -0.902. The number of nitrogens with one attached hydrogen (secondary N) is 2. The Labute approximate surface area is 156 Å². The normalized spacial score (nSPS) is 17.7. The smallest absolute Gasteiger partial charge is 0.318 e. The molecule has 1 aliphatic heterocycles. The fourth-order valence-corrected chi connectivity index (χ4v) is 3.28. The highest BCUT2D eigenvalue weighted by Crippen LogP contribution is 2.40. The van der Waals surface area contributed by atoms with E-state index in [1.165, 1.54) is 11.0 Å². The van der Waals surface area contributed by atoms with Crippen molar-refractivity contribution in [3.05, 3.63) is 35.1 Å². The lowest BCUT2D eigenvalue weighted by atomic mass is 10.1. The first-order chi connectivity index (χ1) is 11.2. The Morgan fingerprint density at radius 3 is 2.50 bits per heavy atom. The van der Waals surface area contributed by atoms with Gasteiger partial charge in [0.25, 0.3) is 0 Å². The number of likely N-dealkylation sites (N-methyl/N-ethyl adjacent to an activating group) is 1. The number of hydrogen-bond donors (Lipinski definition) is 2. The molecule has 1 aliphatic rings. The second-order valence-electron chi connectivity index (χ2n) is 6.02. The summed E-state index contributed by atoms with van der Waals surface area (Å²) in [6.45, 7) is 7.87. The van der Waals surface area contributed by atoms with Crippen LogP contribution in [-0.2, 0) is 0 Å². The summed E-state index contributed by atoms with van der Waals surface area (Å²) in [6, 6.07) is 3.32. The molecule has 2 rings (SSSR count). The molecule has 1 heterocycles. The van der Waals surface area contributed by atoms with Gasteiger partial charge in [0, 0.05) is 0 Å². The number of rotatable bonds is 3. The number of alkyl halides is 3. The van der Waals surface area contributed by atoms with Crippen LogP contribution >= 0.6 is 34.8 Å². The Morgan fingerprint density at radius 2 is 2.00 bits per heavy atom. The van der Waals surface area contributed by atoms with Crippen LogP contribution in [0.2, 0.25) is 0 Å². The van der Waals surface area contributed by atoms with E-state index in [2.05, 4.69) is 12.2 Å². The quantitative estimate of drug-likeness (QED) is 0.756. The molecule has 0 saturated carbocycles. The number of benzene rings is 1. The van der Waals surface area contributed by atoms with Crippen molar-refractivity contribution in [2.45, 2.75) is 23.7 Å². The van der Waals surface area contributed by atoms with Gasteiger partial charge in [-0.3, -0.25) is 0 Å². The number of halogens is 4. The van der Waals surface area contributed by atoms with Crippen molar-refractivity contribution in [2.24, 2.45) is 0 Å². The Hall–Kier alpha value is -0.750. The van der Waals surface area contributed by atoms with E-state index < -0.39 is 15.7 Å². The SMILES string of the molecule is CC[NH+]1CCN(C(=O)N[C@@H](c2ccc(C)c(F)c2)C(Cl)(Cl)Cl)CC1. The summed E-state index contributed by atoms with van der Waals surface area (Å²) in [5.74, 6) is -0.402. The number of aryl methyl sites for hydroxylation is 1. The topological polar surface area (TPSA) is 36.8 Å². The Kier molecular flexibility index (Phi) is 6.59. The summed E-state index contributed by atoms with van der Waals surface area (Å²) < 4.78 is 12.1. The van der Waals surface area contributed by atoms with Gasteiger partial charge in [0.1, 0.15) is 11.9 Å². The maximum atomic E-state index is 13.8. The number of urea groups is 1. The molecule has 1 saturated heterocycles. The van der Waals surface area contributed by atoms with Crippen LogP contribution in [0.1, 0.15) is 24.1 Å². The Balaban J connectivity index is 2.12. The van der Waals surface area contributed by atoms with Gasteiger partial charge in [0.15, 0.2) is 0 Å². The highest BCUT2D eigenvalue weighted by molar-refractivity contribution is 6.68. The summed E-state index contributed by atoms with van der Waals surface area (Å²) >= 11 is 18.1. The predicted octanol–water partition coefficient (Wildman–Crippen LogP) is 2.48. The van der Waals surface area contributed by atoms with Crippen molar-refractivity contribution in [1.29, 1.82) is 0 Å². The average molecular weight is 398 g/mol. The van der Waals surface area contributed by atoms with Gasteiger partial charge in [-0.15, -0.1) is 0 Å². The third kappa shape index (κ3) is 4.88. The molecule has 1 fully saturated rings. The van der Waals surface area contributed by atoms with Gasteiger partial charge in [-0.25, -0.2) is 9.18 Å². The van der Waals surface area contributed by atoms with Crippen molar-refractivity contribution in [1.82, 2.24) is 10.2 Å². The molecule has 0 aliphatic carbocycles. The van der Waals surface area contributed by atoms with Gasteiger partial charge in [-0.05, 0) is 31.0 Å². The van der Waals surface area contributed by atoms with E-state index in [0.29, 0.717) is 24.2 Å². The largest absolute Gasteiger partial charge is 0.332 e. The number of piperazine rings is 1. The number of nitrogens with zero attached hydrogens (tertiary/aromatic N) is 1. The number of quaternary nitrogens is 1. The van der Waals surface area contributed by atoms with E-state index in [0.717, 1.165) is 19.6 Å². The minimum atomic E-state index is -1.78.